The van der Waals surface area contributed by atoms with E-state index < -0.39 is 25.1 Å². The Morgan fingerprint density at radius 1 is 1.05 bits per heavy atom. The third kappa shape index (κ3) is 2.74. The summed E-state index contributed by atoms with van der Waals surface area (Å²) in [5, 5.41) is -0.421. The Bertz CT molecular complexity index is 777. The van der Waals surface area contributed by atoms with Gasteiger partial charge < -0.3 is 0 Å². The summed E-state index contributed by atoms with van der Waals surface area (Å²) in [6.45, 7) is 0. The molecule has 0 N–H and O–H groups in total. The van der Waals surface area contributed by atoms with Gasteiger partial charge in [-0.15, -0.1) is 0 Å². The number of hydrogen-bond acceptors (Lipinski definition) is 4. The summed E-state index contributed by atoms with van der Waals surface area (Å²) >= 11 is 3.30. The molecule has 0 spiro atoms. The Morgan fingerprint density at radius 3 is 2.09 bits per heavy atom. The summed E-state index contributed by atoms with van der Waals surface area (Å²) in [5.41, 5.74) is 0. The molecule has 5 nitrogen and oxygen atoms in total. The Kier molecular flexibility index (Phi) is 4.16. The highest BCUT2D eigenvalue weighted by molar-refractivity contribution is 9.10. The zero-order chi connectivity index (χ0) is 16.1. The van der Waals surface area contributed by atoms with Crippen LogP contribution in [0, 0.1) is 0 Å². The summed E-state index contributed by atoms with van der Waals surface area (Å²) in [5.74, 6) is 0. The van der Waals surface area contributed by atoms with Crippen molar-refractivity contribution in [1.82, 2.24) is 4.31 Å². The number of piperidine rings is 1. The minimum atomic E-state index is -3.61. The minimum absolute atomic E-state index is 0.212. The summed E-state index contributed by atoms with van der Waals surface area (Å²) in [4.78, 5) is 0.254. The molecule has 0 amide bonds. The lowest BCUT2D eigenvalue weighted by Gasteiger charge is -2.37. The monoisotopic (exact) mass is 407 g/mol. The van der Waals surface area contributed by atoms with E-state index in [1.807, 2.05) is 0 Å². The molecule has 1 unspecified atom stereocenters. The van der Waals surface area contributed by atoms with Gasteiger partial charge in [-0.3, -0.25) is 0 Å². The first-order valence-corrected chi connectivity index (χ1v) is 11.4. The predicted octanol–water partition coefficient (Wildman–Crippen LogP) is 2.18. The second-order valence-corrected chi connectivity index (χ2v) is 11.1. The molecule has 2 heterocycles. The smallest absolute Gasteiger partial charge is 0.229 e. The Morgan fingerprint density at radius 2 is 1.59 bits per heavy atom. The fourth-order valence-electron chi connectivity index (χ4n) is 3.59. The Balaban J connectivity index is 1.96. The van der Waals surface area contributed by atoms with Crippen LogP contribution in [0.3, 0.4) is 0 Å². The molecule has 0 aliphatic carbocycles. The van der Waals surface area contributed by atoms with Crippen molar-refractivity contribution in [2.75, 3.05) is 6.26 Å². The number of sulfone groups is 1. The van der Waals surface area contributed by atoms with Crippen LogP contribution < -0.4 is 0 Å². The van der Waals surface area contributed by atoms with Crippen molar-refractivity contribution in [3.8, 4) is 0 Å². The maximum absolute atomic E-state index is 13.0. The van der Waals surface area contributed by atoms with Gasteiger partial charge >= 0.3 is 0 Å². The van der Waals surface area contributed by atoms with Gasteiger partial charge in [0.05, 0.1) is 10.1 Å². The summed E-state index contributed by atoms with van der Waals surface area (Å²) in [6.07, 6.45) is 3.52. The van der Waals surface area contributed by atoms with Gasteiger partial charge in [-0.05, 0) is 53.7 Å². The van der Waals surface area contributed by atoms with Crippen molar-refractivity contribution in [1.29, 1.82) is 0 Å². The first kappa shape index (κ1) is 16.4. The fraction of sp³-hybridized carbons (Fsp3) is 0.571. The minimum Gasteiger partial charge on any atom is -0.229 e. The van der Waals surface area contributed by atoms with Crippen molar-refractivity contribution in [3.05, 3.63) is 28.7 Å². The number of rotatable bonds is 3. The van der Waals surface area contributed by atoms with E-state index >= 15 is 0 Å². The lowest BCUT2D eigenvalue weighted by molar-refractivity contribution is 0.249. The van der Waals surface area contributed by atoms with Gasteiger partial charge in [0.1, 0.15) is 9.84 Å². The highest BCUT2D eigenvalue weighted by atomic mass is 79.9. The third-order valence-electron chi connectivity index (χ3n) is 4.62. The van der Waals surface area contributed by atoms with E-state index in [4.69, 9.17) is 0 Å². The molecule has 2 fully saturated rings. The zero-order valence-corrected chi connectivity index (χ0v) is 15.4. The molecule has 2 aliphatic heterocycles. The van der Waals surface area contributed by atoms with Crippen molar-refractivity contribution in [2.45, 2.75) is 47.9 Å². The van der Waals surface area contributed by atoms with E-state index in [1.54, 1.807) is 28.6 Å². The quantitative estimate of drug-likeness (QED) is 0.769. The van der Waals surface area contributed by atoms with Crippen molar-refractivity contribution < 1.29 is 16.8 Å². The average Bonchev–Trinajstić information content (AvgIpc) is 2.70. The summed E-state index contributed by atoms with van der Waals surface area (Å²) < 4.78 is 51.7. The van der Waals surface area contributed by atoms with E-state index in [0.717, 1.165) is 12.8 Å². The number of benzene rings is 1. The molecule has 3 rings (SSSR count). The first-order valence-electron chi connectivity index (χ1n) is 7.18. The number of nitrogens with zero attached hydrogens (tertiary/aromatic N) is 1. The second kappa shape index (κ2) is 5.58. The lowest BCUT2D eigenvalue weighted by Crippen LogP contribution is -2.49. The van der Waals surface area contributed by atoms with Crippen LogP contribution in [-0.2, 0) is 19.9 Å². The van der Waals surface area contributed by atoms with Crippen LogP contribution in [0.5, 0.6) is 0 Å². The first-order chi connectivity index (χ1) is 10.2. The SMILES string of the molecule is CS(=O)(=O)C1C[C@H]2CC[C@@H](C1)N2S(=O)(=O)c1ccccc1Br. The standard InChI is InChI=1S/C14H18BrNO4S2/c1-21(17,18)12-8-10-6-7-11(9-12)16(10)22(19,20)14-5-3-2-4-13(14)15/h2-5,10-12H,6-9H2,1H3/t10-,11+,12?. The van der Waals surface area contributed by atoms with Crippen molar-refractivity contribution in [2.24, 2.45) is 0 Å². The summed E-state index contributed by atoms with van der Waals surface area (Å²) in [6, 6.07) is 6.34. The molecule has 2 saturated heterocycles. The molecule has 2 bridgehead atoms. The fourth-order valence-corrected chi connectivity index (χ4v) is 7.60. The molecule has 0 saturated carbocycles. The molecule has 122 valence electrons. The molecule has 0 radical (unpaired) electrons. The molecule has 8 heteroatoms. The van der Waals surface area contributed by atoms with E-state index in [0.29, 0.717) is 17.3 Å². The van der Waals surface area contributed by atoms with Crippen LogP contribution in [0.25, 0.3) is 0 Å². The van der Waals surface area contributed by atoms with E-state index in [-0.39, 0.29) is 17.0 Å². The van der Waals surface area contributed by atoms with Gasteiger partial charge in [-0.1, -0.05) is 12.1 Å². The summed E-state index contributed by atoms with van der Waals surface area (Å²) in [7, 11) is -6.73. The maximum Gasteiger partial charge on any atom is 0.244 e. The van der Waals surface area contributed by atoms with E-state index in [2.05, 4.69) is 15.9 Å². The van der Waals surface area contributed by atoms with Gasteiger partial charge in [-0.25, -0.2) is 16.8 Å². The molecule has 22 heavy (non-hydrogen) atoms. The largest absolute Gasteiger partial charge is 0.244 e. The lowest BCUT2D eigenvalue weighted by atomic mass is 10.1. The molecule has 0 aromatic heterocycles. The maximum atomic E-state index is 13.0. The number of sulfonamides is 1. The van der Waals surface area contributed by atoms with Gasteiger partial charge in [0.15, 0.2) is 0 Å². The Hall–Kier alpha value is -0.440. The van der Waals surface area contributed by atoms with Crippen LogP contribution >= 0.6 is 15.9 Å². The van der Waals surface area contributed by atoms with Gasteiger partial charge in [0.2, 0.25) is 10.0 Å². The average molecular weight is 408 g/mol. The normalized spacial score (nSPS) is 29.6. The highest BCUT2D eigenvalue weighted by Gasteiger charge is 2.49. The number of fused-ring (bicyclic) bond motifs is 2. The van der Waals surface area contributed by atoms with Crippen LogP contribution in [0.4, 0.5) is 0 Å². The van der Waals surface area contributed by atoms with Crippen LogP contribution in [0.15, 0.2) is 33.6 Å². The zero-order valence-electron chi connectivity index (χ0n) is 12.1. The predicted molar refractivity (Wildman–Crippen MR) is 87.8 cm³/mol. The number of halogens is 1. The topological polar surface area (TPSA) is 71.5 Å². The molecule has 2 aliphatic rings. The molecular weight excluding hydrogens is 390 g/mol. The molecule has 1 aromatic rings. The Labute approximate surface area is 139 Å². The highest BCUT2D eigenvalue weighted by Crippen LogP contribution is 2.42. The molecule has 1 aromatic carbocycles. The van der Waals surface area contributed by atoms with Crippen LogP contribution in [0.1, 0.15) is 25.7 Å². The second-order valence-electron chi connectivity index (χ2n) is 6.07. The van der Waals surface area contributed by atoms with Gasteiger partial charge in [-0.2, -0.15) is 4.31 Å². The van der Waals surface area contributed by atoms with Crippen molar-refractivity contribution in [3.63, 3.8) is 0 Å². The van der Waals surface area contributed by atoms with E-state index in [9.17, 15) is 16.8 Å². The third-order valence-corrected chi connectivity index (χ3v) is 9.23. The van der Waals surface area contributed by atoms with Crippen LogP contribution in [-0.4, -0.2) is 44.7 Å². The van der Waals surface area contributed by atoms with Crippen molar-refractivity contribution >= 4 is 35.8 Å². The number of hydrogen-bond donors (Lipinski definition) is 0. The molecular formula is C14H18BrNO4S2. The van der Waals surface area contributed by atoms with Gasteiger partial charge in [0, 0.05) is 22.8 Å². The van der Waals surface area contributed by atoms with E-state index in [1.165, 1.54) is 6.26 Å². The molecule has 3 atom stereocenters. The van der Waals surface area contributed by atoms with Gasteiger partial charge in [0.25, 0.3) is 0 Å². The van der Waals surface area contributed by atoms with Crippen LogP contribution in [0.2, 0.25) is 0 Å².